The van der Waals surface area contributed by atoms with Gasteiger partial charge in [0.25, 0.3) is 5.78 Å². The lowest BCUT2D eigenvalue weighted by molar-refractivity contribution is -0.166. The van der Waals surface area contributed by atoms with Crippen molar-refractivity contribution in [1.29, 1.82) is 0 Å². The quantitative estimate of drug-likeness (QED) is 0.853. The van der Waals surface area contributed by atoms with E-state index in [4.69, 9.17) is 4.74 Å². The third kappa shape index (κ3) is 3.01. The number of ether oxygens (including phenoxy) is 1. The maximum atomic E-state index is 12.5. The van der Waals surface area contributed by atoms with Crippen molar-refractivity contribution in [1.82, 2.24) is 0 Å². The Hall–Kier alpha value is -1.82. The van der Waals surface area contributed by atoms with Gasteiger partial charge in [0.15, 0.2) is 0 Å². The van der Waals surface area contributed by atoms with Gasteiger partial charge < -0.3 is 9.64 Å². The molecule has 1 aliphatic rings. The van der Waals surface area contributed by atoms with E-state index in [-0.39, 0.29) is 18.2 Å². The van der Waals surface area contributed by atoms with Crippen molar-refractivity contribution in [3.8, 4) is 0 Å². The number of Topliss-reactive ketones (excluding diaryl/α,β-unsaturated/α-hetero) is 1. The number of hydrogen-bond donors (Lipinski definition) is 0. The molecule has 0 spiro atoms. The molecule has 1 aliphatic heterocycles. The minimum absolute atomic E-state index is 0.0557. The number of benzene rings is 1. The lowest BCUT2D eigenvalue weighted by Crippen LogP contribution is -2.38. The van der Waals surface area contributed by atoms with Crippen LogP contribution in [0.25, 0.3) is 0 Å². The number of para-hydroxylation sites is 1. The molecule has 0 aromatic heterocycles. The van der Waals surface area contributed by atoms with Crippen LogP contribution in [0.15, 0.2) is 42.1 Å². The van der Waals surface area contributed by atoms with Crippen LogP contribution < -0.4 is 4.90 Å². The first kappa shape index (κ1) is 14.6. The SMILES string of the molecule is COC1CCC(C(=O)C(F)(F)F)=CN1c1ccccc1. The number of allylic oxidation sites excluding steroid dienone is 1. The van der Waals surface area contributed by atoms with Crippen LogP contribution in [0, 0.1) is 0 Å². The molecule has 0 radical (unpaired) electrons. The normalized spacial score (nSPS) is 19.7. The summed E-state index contributed by atoms with van der Waals surface area (Å²) in [6.45, 7) is 0. The van der Waals surface area contributed by atoms with E-state index in [0.717, 1.165) is 0 Å². The van der Waals surface area contributed by atoms with Crippen molar-refractivity contribution in [2.75, 3.05) is 12.0 Å². The molecule has 1 unspecified atom stereocenters. The number of carbonyl (C=O) groups excluding carboxylic acids is 1. The van der Waals surface area contributed by atoms with Crippen molar-refractivity contribution in [3.63, 3.8) is 0 Å². The molecule has 1 aromatic carbocycles. The van der Waals surface area contributed by atoms with Gasteiger partial charge in [-0.25, -0.2) is 0 Å². The summed E-state index contributed by atoms with van der Waals surface area (Å²) in [5.74, 6) is -1.78. The maximum absolute atomic E-state index is 12.5. The van der Waals surface area contributed by atoms with Crippen LogP contribution in [0.5, 0.6) is 0 Å². The van der Waals surface area contributed by atoms with E-state index in [1.54, 1.807) is 35.2 Å². The standard InChI is InChI=1S/C14H14F3NO2/c1-20-12-8-7-10(13(19)14(15,16)17)9-18(12)11-5-3-2-4-6-11/h2-6,9,12H,7-8H2,1H3. The average Bonchev–Trinajstić information content (AvgIpc) is 2.45. The van der Waals surface area contributed by atoms with Crippen molar-refractivity contribution in [2.45, 2.75) is 25.2 Å². The highest BCUT2D eigenvalue weighted by Gasteiger charge is 2.42. The largest absolute Gasteiger partial charge is 0.454 e. The summed E-state index contributed by atoms with van der Waals surface area (Å²) in [5.41, 5.74) is 0.446. The summed E-state index contributed by atoms with van der Waals surface area (Å²) in [6.07, 6.45) is -3.59. The zero-order chi connectivity index (χ0) is 14.8. The van der Waals surface area contributed by atoms with Crippen LogP contribution in [0.3, 0.4) is 0 Å². The number of halogens is 3. The van der Waals surface area contributed by atoms with E-state index in [2.05, 4.69) is 0 Å². The van der Waals surface area contributed by atoms with Gasteiger partial charge in [0.2, 0.25) is 0 Å². The van der Waals surface area contributed by atoms with E-state index in [9.17, 15) is 18.0 Å². The van der Waals surface area contributed by atoms with Crippen molar-refractivity contribution < 1.29 is 22.7 Å². The maximum Gasteiger partial charge on any atom is 0.454 e. The molecule has 3 nitrogen and oxygen atoms in total. The molecule has 2 rings (SSSR count). The van der Waals surface area contributed by atoms with E-state index >= 15 is 0 Å². The summed E-state index contributed by atoms with van der Waals surface area (Å²) in [7, 11) is 1.49. The van der Waals surface area contributed by atoms with Crippen molar-refractivity contribution in [3.05, 3.63) is 42.1 Å². The van der Waals surface area contributed by atoms with Crippen LogP contribution in [-0.4, -0.2) is 25.3 Å². The van der Waals surface area contributed by atoms with Crippen LogP contribution in [-0.2, 0) is 9.53 Å². The number of ketones is 1. The van der Waals surface area contributed by atoms with Gasteiger partial charge in [0.1, 0.15) is 6.23 Å². The van der Waals surface area contributed by atoms with Gasteiger partial charge in [-0.1, -0.05) is 18.2 Å². The summed E-state index contributed by atoms with van der Waals surface area (Å²) in [6, 6.07) is 8.86. The highest BCUT2D eigenvalue weighted by atomic mass is 19.4. The predicted octanol–water partition coefficient (Wildman–Crippen LogP) is 3.27. The van der Waals surface area contributed by atoms with E-state index in [1.807, 2.05) is 0 Å². The summed E-state index contributed by atoms with van der Waals surface area (Å²) in [5, 5.41) is 0. The van der Waals surface area contributed by atoms with Crippen LogP contribution in [0.4, 0.5) is 18.9 Å². The molecular weight excluding hydrogens is 271 g/mol. The molecule has 0 saturated heterocycles. The Morgan fingerprint density at radius 3 is 2.50 bits per heavy atom. The van der Waals surface area contributed by atoms with Gasteiger partial charge in [-0.3, -0.25) is 4.79 Å². The van der Waals surface area contributed by atoms with Crippen LogP contribution in [0.2, 0.25) is 0 Å². The second kappa shape index (κ2) is 5.66. The van der Waals surface area contributed by atoms with Crippen molar-refractivity contribution in [2.24, 2.45) is 0 Å². The van der Waals surface area contributed by atoms with Gasteiger partial charge in [0, 0.05) is 24.6 Å². The van der Waals surface area contributed by atoms with Crippen LogP contribution >= 0.6 is 0 Å². The monoisotopic (exact) mass is 285 g/mol. The second-order valence-corrected chi connectivity index (χ2v) is 4.45. The molecule has 0 saturated carbocycles. The Kier molecular flexibility index (Phi) is 4.13. The zero-order valence-electron chi connectivity index (χ0n) is 10.9. The first-order valence-corrected chi connectivity index (χ1v) is 6.12. The molecule has 108 valence electrons. The third-order valence-corrected chi connectivity index (χ3v) is 3.14. The van der Waals surface area contributed by atoms with Gasteiger partial charge in [-0.2, -0.15) is 13.2 Å². The van der Waals surface area contributed by atoms with Crippen molar-refractivity contribution >= 4 is 11.5 Å². The number of methoxy groups -OCH3 is 1. The Bertz CT molecular complexity index is 511. The molecule has 6 heteroatoms. The lowest BCUT2D eigenvalue weighted by Gasteiger charge is -2.34. The summed E-state index contributed by atoms with van der Waals surface area (Å²) >= 11 is 0. The zero-order valence-corrected chi connectivity index (χ0v) is 10.9. The highest BCUT2D eigenvalue weighted by molar-refractivity contribution is 6.00. The molecule has 20 heavy (non-hydrogen) atoms. The smallest absolute Gasteiger partial charge is 0.361 e. The molecule has 0 amide bonds. The molecule has 0 N–H and O–H groups in total. The molecule has 0 fully saturated rings. The Labute approximate surface area is 114 Å². The fraction of sp³-hybridized carbons (Fsp3) is 0.357. The van der Waals surface area contributed by atoms with Gasteiger partial charge in [0.05, 0.1) is 0 Å². The van der Waals surface area contributed by atoms with E-state index in [1.165, 1.54) is 13.3 Å². The predicted molar refractivity (Wildman–Crippen MR) is 68.1 cm³/mol. The minimum Gasteiger partial charge on any atom is -0.361 e. The average molecular weight is 285 g/mol. The second-order valence-electron chi connectivity index (χ2n) is 4.45. The minimum atomic E-state index is -4.84. The molecule has 0 bridgehead atoms. The molecule has 1 atom stereocenters. The number of alkyl halides is 3. The Morgan fingerprint density at radius 2 is 1.95 bits per heavy atom. The number of anilines is 1. The molecular formula is C14H14F3NO2. The number of carbonyl (C=O) groups is 1. The number of hydrogen-bond acceptors (Lipinski definition) is 3. The van der Waals surface area contributed by atoms with E-state index in [0.29, 0.717) is 12.1 Å². The first-order valence-electron chi connectivity index (χ1n) is 6.12. The summed E-state index contributed by atoms with van der Waals surface area (Å²) < 4.78 is 42.8. The highest BCUT2D eigenvalue weighted by Crippen LogP contribution is 2.31. The fourth-order valence-corrected chi connectivity index (χ4v) is 2.16. The van der Waals surface area contributed by atoms with Gasteiger partial charge in [-0.05, 0) is 25.0 Å². The van der Waals surface area contributed by atoms with Gasteiger partial charge >= 0.3 is 6.18 Å². The van der Waals surface area contributed by atoms with Crippen LogP contribution in [0.1, 0.15) is 12.8 Å². The topological polar surface area (TPSA) is 29.5 Å². The Balaban J connectivity index is 2.34. The molecule has 1 heterocycles. The number of rotatable bonds is 3. The van der Waals surface area contributed by atoms with Gasteiger partial charge in [-0.15, -0.1) is 0 Å². The third-order valence-electron chi connectivity index (χ3n) is 3.14. The lowest BCUT2D eigenvalue weighted by atomic mass is 10.0. The van der Waals surface area contributed by atoms with E-state index < -0.39 is 12.0 Å². The fourth-order valence-electron chi connectivity index (χ4n) is 2.16. The summed E-state index contributed by atoms with van der Waals surface area (Å²) in [4.78, 5) is 12.9. The number of nitrogens with zero attached hydrogens (tertiary/aromatic N) is 1. The molecule has 0 aliphatic carbocycles. The molecule has 1 aromatic rings. The Morgan fingerprint density at radius 1 is 1.30 bits per heavy atom. The first-order chi connectivity index (χ1) is 9.43.